The Kier molecular flexibility index (Phi) is 11.5. The summed E-state index contributed by atoms with van der Waals surface area (Å²) in [6.45, 7) is 2.80. The number of methoxy groups -OCH3 is 1. The first-order valence-electron chi connectivity index (χ1n) is 14.1. The van der Waals surface area contributed by atoms with Crippen LogP contribution in [0.25, 0.3) is 11.1 Å². The van der Waals surface area contributed by atoms with Crippen molar-refractivity contribution >= 4 is 17.9 Å². The second kappa shape index (κ2) is 15.5. The third kappa shape index (κ3) is 8.04. The molecular weight excluding hydrogens is 528 g/mol. The molecule has 0 bridgehead atoms. The van der Waals surface area contributed by atoms with Crippen LogP contribution in [0.1, 0.15) is 29.9 Å². The van der Waals surface area contributed by atoms with Gasteiger partial charge in [-0.15, -0.1) is 0 Å². The van der Waals surface area contributed by atoms with E-state index in [1.54, 1.807) is 7.11 Å². The van der Waals surface area contributed by atoms with Gasteiger partial charge in [0, 0.05) is 45.1 Å². The molecule has 1 aliphatic heterocycles. The average Bonchev–Trinajstić information content (AvgIpc) is 3.55. The zero-order valence-corrected chi connectivity index (χ0v) is 23.5. The van der Waals surface area contributed by atoms with Crippen LogP contribution in [0.2, 0.25) is 0 Å². The zero-order valence-electron chi connectivity index (χ0n) is 23.5. The van der Waals surface area contributed by atoms with Gasteiger partial charge in [0.1, 0.15) is 12.6 Å². The Morgan fingerprint density at radius 2 is 1.61 bits per heavy atom. The standard InChI is InChI=1S/C30H40N4O7/c1-38-16-17-40-15-12-32-29(36)27-18-21(33-28(35)10-13-39-14-11-31)19-34(27)30(37)41-20-26-24-8-4-2-6-22(24)23-7-3-5-9-25(23)26/h2-9,21,26-27H,10-20,31H2,1H3,(H,32,36)(H,33,35). The molecule has 2 aromatic carbocycles. The van der Waals surface area contributed by atoms with E-state index in [2.05, 4.69) is 34.9 Å². The van der Waals surface area contributed by atoms with Crippen LogP contribution in [0, 0.1) is 0 Å². The maximum atomic E-state index is 13.4. The van der Waals surface area contributed by atoms with Gasteiger partial charge < -0.3 is 35.3 Å². The van der Waals surface area contributed by atoms with Crippen LogP contribution in [0.5, 0.6) is 0 Å². The molecule has 222 valence electrons. The summed E-state index contributed by atoms with van der Waals surface area (Å²) in [6.07, 6.45) is -0.154. The number of benzene rings is 2. The minimum atomic E-state index is -0.789. The third-order valence-corrected chi connectivity index (χ3v) is 7.25. The number of carbonyl (C=O) groups excluding carboxylic acids is 3. The number of nitrogens with two attached hydrogens (primary N) is 1. The predicted molar refractivity (Wildman–Crippen MR) is 152 cm³/mol. The van der Waals surface area contributed by atoms with Crippen LogP contribution in [0.4, 0.5) is 4.79 Å². The van der Waals surface area contributed by atoms with Gasteiger partial charge in [-0.25, -0.2) is 4.79 Å². The van der Waals surface area contributed by atoms with E-state index in [0.29, 0.717) is 33.0 Å². The van der Waals surface area contributed by atoms with Crippen molar-refractivity contribution < 1.29 is 33.3 Å². The molecule has 2 atom stereocenters. The van der Waals surface area contributed by atoms with Gasteiger partial charge in [0.25, 0.3) is 0 Å². The SMILES string of the molecule is COCCOCCNC(=O)C1CC(NC(=O)CCOCCN)CN1C(=O)OCC1c2ccccc2-c2ccccc21. The molecule has 0 aromatic heterocycles. The number of ether oxygens (including phenoxy) is 4. The number of nitrogens with zero attached hydrogens (tertiary/aromatic N) is 1. The summed E-state index contributed by atoms with van der Waals surface area (Å²) in [7, 11) is 1.59. The Bertz CT molecular complexity index is 1130. The number of likely N-dealkylation sites (tertiary alicyclic amines) is 1. The van der Waals surface area contributed by atoms with Crippen molar-refractivity contribution in [1.29, 1.82) is 0 Å². The summed E-state index contributed by atoms with van der Waals surface area (Å²) in [5.74, 6) is -0.640. The summed E-state index contributed by atoms with van der Waals surface area (Å²) in [5.41, 5.74) is 9.89. The fourth-order valence-corrected chi connectivity index (χ4v) is 5.33. The van der Waals surface area contributed by atoms with Crippen molar-refractivity contribution in [3.8, 4) is 11.1 Å². The van der Waals surface area contributed by atoms with E-state index >= 15 is 0 Å². The molecule has 0 spiro atoms. The van der Waals surface area contributed by atoms with Crippen LogP contribution >= 0.6 is 0 Å². The van der Waals surface area contributed by atoms with E-state index in [0.717, 1.165) is 22.3 Å². The normalized spacial score (nSPS) is 17.7. The largest absolute Gasteiger partial charge is 0.448 e. The molecular formula is C30H40N4O7. The molecule has 1 aliphatic carbocycles. The van der Waals surface area contributed by atoms with E-state index < -0.39 is 18.2 Å². The van der Waals surface area contributed by atoms with Crippen molar-refractivity contribution in [3.63, 3.8) is 0 Å². The smallest absolute Gasteiger partial charge is 0.410 e. The van der Waals surface area contributed by atoms with Gasteiger partial charge in [0.15, 0.2) is 0 Å². The predicted octanol–water partition coefficient (Wildman–Crippen LogP) is 1.64. The molecule has 2 unspecified atom stereocenters. The van der Waals surface area contributed by atoms with Gasteiger partial charge >= 0.3 is 6.09 Å². The van der Waals surface area contributed by atoms with Crippen LogP contribution in [-0.4, -0.2) is 101 Å². The minimum absolute atomic E-state index is 0.102. The number of amides is 3. The second-order valence-electron chi connectivity index (χ2n) is 10.0. The first-order chi connectivity index (χ1) is 20.0. The lowest BCUT2D eigenvalue weighted by atomic mass is 9.98. The van der Waals surface area contributed by atoms with Gasteiger partial charge in [-0.05, 0) is 28.7 Å². The lowest BCUT2D eigenvalue weighted by molar-refractivity contribution is -0.125. The van der Waals surface area contributed by atoms with Gasteiger partial charge in [0.2, 0.25) is 11.8 Å². The highest BCUT2D eigenvalue weighted by atomic mass is 16.6. The molecule has 0 saturated carbocycles. The molecule has 2 aliphatic rings. The highest BCUT2D eigenvalue weighted by molar-refractivity contribution is 5.87. The highest BCUT2D eigenvalue weighted by Gasteiger charge is 2.41. The van der Waals surface area contributed by atoms with Crippen molar-refractivity contribution in [2.24, 2.45) is 5.73 Å². The van der Waals surface area contributed by atoms with Crippen molar-refractivity contribution in [2.75, 3.05) is 66.4 Å². The quantitative estimate of drug-likeness (QED) is 0.276. The Morgan fingerprint density at radius 3 is 2.29 bits per heavy atom. The van der Waals surface area contributed by atoms with Gasteiger partial charge in [-0.3, -0.25) is 14.5 Å². The van der Waals surface area contributed by atoms with Crippen LogP contribution in [0.15, 0.2) is 48.5 Å². The minimum Gasteiger partial charge on any atom is -0.448 e. The van der Waals surface area contributed by atoms with Crippen molar-refractivity contribution in [3.05, 3.63) is 59.7 Å². The van der Waals surface area contributed by atoms with Crippen molar-refractivity contribution in [1.82, 2.24) is 15.5 Å². The summed E-state index contributed by atoms with van der Waals surface area (Å²) in [4.78, 5) is 40.4. The first kappa shape index (κ1) is 30.4. The van der Waals surface area contributed by atoms with Crippen LogP contribution < -0.4 is 16.4 Å². The van der Waals surface area contributed by atoms with E-state index in [1.807, 2.05) is 24.3 Å². The fourth-order valence-electron chi connectivity index (χ4n) is 5.33. The fraction of sp³-hybridized carbons (Fsp3) is 0.500. The number of rotatable bonds is 15. The lowest BCUT2D eigenvalue weighted by Gasteiger charge is -2.24. The second-order valence-corrected chi connectivity index (χ2v) is 10.0. The number of carbonyl (C=O) groups is 3. The summed E-state index contributed by atoms with van der Waals surface area (Å²) < 4.78 is 21.5. The van der Waals surface area contributed by atoms with E-state index in [-0.39, 0.29) is 56.9 Å². The lowest BCUT2D eigenvalue weighted by Crippen LogP contribution is -2.47. The molecule has 4 N–H and O–H groups in total. The molecule has 11 heteroatoms. The average molecular weight is 569 g/mol. The molecule has 1 heterocycles. The Hall–Kier alpha value is -3.51. The number of hydrogen-bond acceptors (Lipinski definition) is 8. The van der Waals surface area contributed by atoms with E-state index in [4.69, 9.17) is 24.7 Å². The molecule has 0 radical (unpaired) electrons. The number of nitrogens with one attached hydrogen (secondary N) is 2. The Morgan fingerprint density at radius 1 is 0.927 bits per heavy atom. The topological polar surface area (TPSA) is 141 Å². The molecule has 1 fully saturated rings. The summed E-state index contributed by atoms with van der Waals surface area (Å²) in [6, 6.07) is 15.0. The van der Waals surface area contributed by atoms with E-state index in [9.17, 15) is 14.4 Å². The molecule has 11 nitrogen and oxygen atoms in total. The molecule has 4 rings (SSSR count). The zero-order chi connectivity index (χ0) is 29.0. The maximum Gasteiger partial charge on any atom is 0.410 e. The monoisotopic (exact) mass is 568 g/mol. The molecule has 3 amide bonds. The Balaban J connectivity index is 1.38. The van der Waals surface area contributed by atoms with E-state index in [1.165, 1.54) is 4.90 Å². The van der Waals surface area contributed by atoms with Crippen LogP contribution in [0.3, 0.4) is 0 Å². The number of fused-ring (bicyclic) bond motifs is 3. The van der Waals surface area contributed by atoms with Gasteiger partial charge in [-0.2, -0.15) is 0 Å². The number of hydrogen-bond donors (Lipinski definition) is 3. The van der Waals surface area contributed by atoms with Gasteiger partial charge in [-0.1, -0.05) is 48.5 Å². The van der Waals surface area contributed by atoms with Crippen LogP contribution in [-0.2, 0) is 28.5 Å². The molecule has 2 aromatic rings. The maximum absolute atomic E-state index is 13.4. The van der Waals surface area contributed by atoms with Gasteiger partial charge in [0.05, 0.1) is 33.0 Å². The summed E-state index contributed by atoms with van der Waals surface area (Å²) >= 11 is 0. The first-order valence-corrected chi connectivity index (χ1v) is 14.1. The molecule has 1 saturated heterocycles. The third-order valence-electron chi connectivity index (χ3n) is 7.25. The highest BCUT2D eigenvalue weighted by Crippen LogP contribution is 2.44. The summed E-state index contributed by atoms with van der Waals surface area (Å²) in [5, 5.41) is 5.75. The van der Waals surface area contributed by atoms with Crippen molar-refractivity contribution in [2.45, 2.75) is 30.8 Å². The Labute approximate surface area is 240 Å². The molecule has 41 heavy (non-hydrogen) atoms.